The van der Waals surface area contributed by atoms with Crippen LogP contribution >= 0.6 is 0 Å². The molecule has 2 aromatic rings. The van der Waals surface area contributed by atoms with Crippen molar-refractivity contribution >= 4 is 23.5 Å². The summed E-state index contributed by atoms with van der Waals surface area (Å²) in [7, 11) is 1.28. The lowest BCUT2D eigenvalue weighted by Gasteiger charge is -2.21. The summed E-state index contributed by atoms with van der Waals surface area (Å²) in [6.45, 7) is 0. The Labute approximate surface area is 150 Å². The van der Waals surface area contributed by atoms with E-state index in [1.54, 1.807) is 24.3 Å². The van der Waals surface area contributed by atoms with E-state index in [4.69, 9.17) is 4.74 Å². The molecule has 0 saturated carbocycles. The molecule has 6 nitrogen and oxygen atoms in total. The third-order valence-corrected chi connectivity index (χ3v) is 5.10. The molecular formula is C20H18N2O4. The fourth-order valence-electron chi connectivity index (χ4n) is 3.95. The van der Waals surface area contributed by atoms with Crippen LogP contribution in [-0.4, -0.2) is 30.9 Å². The number of anilines is 1. The van der Waals surface area contributed by atoms with Crippen LogP contribution in [0, 0.1) is 11.8 Å². The highest BCUT2D eigenvalue weighted by molar-refractivity contribution is 6.23. The zero-order chi connectivity index (χ0) is 18.3. The number of methoxy groups -OCH3 is 1. The predicted octanol–water partition coefficient (Wildman–Crippen LogP) is 1.68. The van der Waals surface area contributed by atoms with E-state index < -0.39 is 29.9 Å². The van der Waals surface area contributed by atoms with E-state index in [2.05, 4.69) is 5.32 Å². The number of benzene rings is 2. The first kappa shape index (κ1) is 16.5. The molecule has 0 unspecified atom stereocenters. The van der Waals surface area contributed by atoms with Gasteiger partial charge in [-0.1, -0.05) is 48.5 Å². The number of carbonyl (C=O) groups is 3. The Hall–Kier alpha value is -2.99. The van der Waals surface area contributed by atoms with Crippen molar-refractivity contribution in [2.75, 3.05) is 12.0 Å². The van der Waals surface area contributed by atoms with Gasteiger partial charge in [-0.3, -0.25) is 19.7 Å². The molecule has 2 amide bonds. The number of esters is 1. The van der Waals surface area contributed by atoms with Crippen LogP contribution in [-0.2, 0) is 19.1 Å². The summed E-state index contributed by atoms with van der Waals surface area (Å²) in [5.74, 6) is -2.62. The number of rotatable bonds is 3. The first-order valence-corrected chi connectivity index (χ1v) is 8.45. The molecule has 2 aromatic carbocycles. The lowest BCUT2D eigenvalue weighted by Crippen LogP contribution is -2.43. The molecule has 2 aliphatic heterocycles. The topological polar surface area (TPSA) is 75.7 Å². The Morgan fingerprint density at radius 1 is 0.923 bits per heavy atom. The second-order valence-electron chi connectivity index (χ2n) is 6.45. The number of carbonyl (C=O) groups excluding carboxylic acids is 3. The molecule has 2 heterocycles. The summed E-state index contributed by atoms with van der Waals surface area (Å²) in [4.78, 5) is 39.7. The Morgan fingerprint density at radius 2 is 1.50 bits per heavy atom. The molecule has 4 rings (SSSR count). The summed E-state index contributed by atoms with van der Waals surface area (Å²) in [5.41, 5.74) is 1.39. The van der Waals surface area contributed by atoms with Crippen molar-refractivity contribution in [3.63, 3.8) is 0 Å². The van der Waals surface area contributed by atoms with Crippen LogP contribution in [0.4, 0.5) is 5.69 Å². The van der Waals surface area contributed by atoms with Crippen LogP contribution < -0.4 is 10.2 Å². The molecule has 0 bridgehead atoms. The minimum atomic E-state index is -0.847. The Bertz CT molecular complexity index is 853. The quantitative estimate of drug-likeness (QED) is 0.673. The molecular weight excluding hydrogens is 332 g/mol. The van der Waals surface area contributed by atoms with Crippen molar-refractivity contribution < 1.29 is 19.1 Å². The summed E-state index contributed by atoms with van der Waals surface area (Å²) >= 11 is 0. The number of amides is 2. The maximum absolute atomic E-state index is 13.2. The minimum absolute atomic E-state index is 0.293. The molecule has 4 atom stereocenters. The molecule has 2 fully saturated rings. The summed E-state index contributed by atoms with van der Waals surface area (Å²) in [6.07, 6.45) is 0. The van der Waals surface area contributed by atoms with Gasteiger partial charge in [0.2, 0.25) is 11.8 Å². The lowest BCUT2D eigenvalue weighted by molar-refractivity contribution is -0.145. The average molecular weight is 350 g/mol. The third-order valence-electron chi connectivity index (χ3n) is 5.10. The minimum Gasteiger partial charge on any atom is -0.468 e. The van der Waals surface area contributed by atoms with Gasteiger partial charge in [-0.25, -0.2) is 4.90 Å². The normalized spacial score (nSPS) is 27.5. The molecule has 2 aliphatic rings. The van der Waals surface area contributed by atoms with Crippen LogP contribution in [0.25, 0.3) is 0 Å². The number of fused-ring (bicyclic) bond motifs is 1. The molecule has 2 saturated heterocycles. The van der Waals surface area contributed by atoms with Gasteiger partial charge in [0.05, 0.1) is 24.6 Å². The first-order valence-electron chi connectivity index (χ1n) is 8.45. The Balaban J connectivity index is 1.78. The molecule has 0 spiro atoms. The molecule has 132 valence electrons. The SMILES string of the molecule is COC(=O)[C@@H]1N[C@@H](c2ccccc2)[C@H]2C(=O)N(c3ccccc3)C(=O)[C@H]21. The molecule has 0 radical (unpaired) electrons. The van der Waals surface area contributed by atoms with Crippen LogP contribution in [0.1, 0.15) is 11.6 Å². The molecule has 1 N–H and O–H groups in total. The summed E-state index contributed by atoms with van der Waals surface area (Å²) < 4.78 is 4.87. The van der Waals surface area contributed by atoms with Gasteiger partial charge in [-0.15, -0.1) is 0 Å². The Morgan fingerprint density at radius 3 is 2.12 bits per heavy atom. The highest BCUT2D eigenvalue weighted by atomic mass is 16.5. The van der Waals surface area contributed by atoms with E-state index in [1.807, 2.05) is 36.4 Å². The van der Waals surface area contributed by atoms with Crippen LogP contribution in [0.5, 0.6) is 0 Å². The fourth-order valence-corrected chi connectivity index (χ4v) is 3.95. The average Bonchev–Trinajstić information content (AvgIpc) is 3.20. The second kappa shape index (κ2) is 6.38. The van der Waals surface area contributed by atoms with Crippen molar-refractivity contribution in [2.24, 2.45) is 11.8 Å². The predicted molar refractivity (Wildman–Crippen MR) is 94.0 cm³/mol. The maximum Gasteiger partial charge on any atom is 0.323 e. The fraction of sp³-hybridized carbons (Fsp3) is 0.250. The molecule has 0 aliphatic carbocycles. The zero-order valence-corrected chi connectivity index (χ0v) is 14.2. The number of hydrogen-bond acceptors (Lipinski definition) is 5. The van der Waals surface area contributed by atoms with E-state index in [-0.39, 0.29) is 11.8 Å². The van der Waals surface area contributed by atoms with E-state index in [0.29, 0.717) is 5.69 Å². The van der Waals surface area contributed by atoms with Crippen molar-refractivity contribution in [1.82, 2.24) is 5.32 Å². The number of para-hydroxylation sites is 1. The Kier molecular flexibility index (Phi) is 4.05. The van der Waals surface area contributed by atoms with Crippen LogP contribution in [0.15, 0.2) is 60.7 Å². The van der Waals surface area contributed by atoms with Crippen molar-refractivity contribution in [3.05, 3.63) is 66.2 Å². The largest absolute Gasteiger partial charge is 0.468 e. The highest BCUT2D eigenvalue weighted by Crippen LogP contribution is 2.45. The highest BCUT2D eigenvalue weighted by Gasteiger charge is 2.61. The van der Waals surface area contributed by atoms with Crippen molar-refractivity contribution in [3.8, 4) is 0 Å². The van der Waals surface area contributed by atoms with Crippen LogP contribution in [0.3, 0.4) is 0 Å². The molecule has 26 heavy (non-hydrogen) atoms. The number of imide groups is 1. The number of ether oxygens (including phenoxy) is 1. The maximum atomic E-state index is 13.2. The summed E-state index contributed by atoms with van der Waals surface area (Å²) in [5, 5.41) is 3.15. The monoisotopic (exact) mass is 350 g/mol. The van der Waals surface area contributed by atoms with Gasteiger partial charge in [0.1, 0.15) is 6.04 Å². The number of nitrogens with one attached hydrogen (secondary N) is 1. The third kappa shape index (κ3) is 2.42. The second-order valence-corrected chi connectivity index (χ2v) is 6.45. The number of hydrogen-bond donors (Lipinski definition) is 1. The van der Waals surface area contributed by atoms with Gasteiger partial charge in [0.15, 0.2) is 0 Å². The zero-order valence-electron chi connectivity index (χ0n) is 14.2. The van der Waals surface area contributed by atoms with Crippen molar-refractivity contribution in [2.45, 2.75) is 12.1 Å². The standard InChI is InChI=1S/C20H18N2O4/c1-26-20(25)17-15-14(16(21-17)12-8-4-2-5-9-12)18(23)22(19(15)24)13-10-6-3-7-11-13/h2-11,14-17,21H,1H3/t14-,15+,16-,17+/m0/s1. The smallest absolute Gasteiger partial charge is 0.323 e. The van der Waals surface area contributed by atoms with Crippen LogP contribution in [0.2, 0.25) is 0 Å². The van der Waals surface area contributed by atoms with E-state index in [9.17, 15) is 14.4 Å². The first-order chi connectivity index (χ1) is 12.6. The van der Waals surface area contributed by atoms with Gasteiger partial charge in [-0.2, -0.15) is 0 Å². The van der Waals surface area contributed by atoms with Gasteiger partial charge < -0.3 is 4.74 Å². The number of nitrogens with zero attached hydrogens (tertiary/aromatic N) is 1. The lowest BCUT2D eigenvalue weighted by atomic mass is 9.86. The van der Waals surface area contributed by atoms with Gasteiger partial charge >= 0.3 is 5.97 Å². The van der Waals surface area contributed by atoms with Gasteiger partial charge in [-0.05, 0) is 17.7 Å². The van der Waals surface area contributed by atoms with E-state index in [0.717, 1.165) is 5.56 Å². The molecule has 6 heteroatoms. The van der Waals surface area contributed by atoms with Gasteiger partial charge in [0.25, 0.3) is 0 Å². The van der Waals surface area contributed by atoms with Crippen molar-refractivity contribution in [1.29, 1.82) is 0 Å². The van der Waals surface area contributed by atoms with Gasteiger partial charge in [0, 0.05) is 6.04 Å². The summed E-state index contributed by atoms with van der Waals surface area (Å²) in [6, 6.07) is 16.9. The molecule has 0 aromatic heterocycles. The van der Waals surface area contributed by atoms with E-state index >= 15 is 0 Å². The van der Waals surface area contributed by atoms with E-state index in [1.165, 1.54) is 12.0 Å².